The number of nitriles is 1. The van der Waals surface area contributed by atoms with Crippen molar-refractivity contribution in [2.75, 3.05) is 23.8 Å². The van der Waals surface area contributed by atoms with E-state index in [0.717, 1.165) is 19.4 Å². The van der Waals surface area contributed by atoms with Gasteiger partial charge in [-0.2, -0.15) is 5.26 Å². The minimum Gasteiger partial charge on any atom is -0.376 e. The molecule has 7 heteroatoms. The van der Waals surface area contributed by atoms with Gasteiger partial charge >= 0.3 is 0 Å². The second-order valence-electron chi connectivity index (χ2n) is 5.81. The zero-order chi connectivity index (χ0) is 17.6. The van der Waals surface area contributed by atoms with E-state index in [1.807, 2.05) is 0 Å². The molecule has 0 radical (unpaired) electrons. The molecule has 1 aromatic carbocycles. The summed E-state index contributed by atoms with van der Waals surface area (Å²) in [7, 11) is 0. The molecule has 2 aromatic rings. The molecule has 0 bridgehead atoms. The third-order valence-corrected chi connectivity index (χ3v) is 3.90. The van der Waals surface area contributed by atoms with Gasteiger partial charge in [0.25, 0.3) is 5.91 Å². The summed E-state index contributed by atoms with van der Waals surface area (Å²) < 4.78 is 5.57. The lowest BCUT2D eigenvalue weighted by Gasteiger charge is -2.12. The first-order valence-corrected chi connectivity index (χ1v) is 8.17. The van der Waals surface area contributed by atoms with Crippen LogP contribution in [0.5, 0.6) is 0 Å². The monoisotopic (exact) mass is 337 g/mol. The number of amides is 1. The Morgan fingerprint density at radius 3 is 3.00 bits per heavy atom. The van der Waals surface area contributed by atoms with Crippen molar-refractivity contribution < 1.29 is 9.53 Å². The van der Waals surface area contributed by atoms with Crippen LogP contribution in [0.25, 0.3) is 0 Å². The van der Waals surface area contributed by atoms with Crippen LogP contribution in [0.15, 0.2) is 30.3 Å². The van der Waals surface area contributed by atoms with E-state index in [1.54, 1.807) is 37.3 Å². The molecule has 0 spiro atoms. The molecule has 1 aliphatic heterocycles. The summed E-state index contributed by atoms with van der Waals surface area (Å²) in [5, 5.41) is 15.0. The fourth-order valence-corrected chi connectivity index (χ4v) is 2.67. The number of aryl methyl sites for hydroxylation is 1. The van der Waals surface area contributed by atoms with Crippen molar-refractivity contribution in [1.29, 1.82) is 5.26 Å². The van der Waals surface area contributed by atoms with Crippen LogP contribution in [0.3, 0.4) is 0 Å². The van der Waals surface area contributed by atoms with Gasteiger partial charge in [-0.1, -0.05) is 12.1 Å². The summed E-state index contributed by atoms with van der Waals surface area (Å²) in [5.41, 5.74) is 1.11. The Labute approximate surface area is 146 Å². The molecule has 1 saturated heterocycles. The van der Waals surface area contributed by atoms with Gasteiger partial charge in [-0.3, -0.25) is 4.79 Å². The van der Waals surface area contributed by atoms with Gasteiger partial charge in [0.15, 0.2) is 0 Å². The first-order chi connectivity index (χ1) is 12.2. The normalized spacial score (nSPS) is 16.2. The number of carbonyl (C=O) groups is 1. The molecule has 1 fully saturated rings. The number of nitrogens with one attached hydrogen (secondary N) is 2. The average molecular weight is 337 g/mol. The van der Waals surface area contributed by atoms with Crippen LogP contribution in [0.2, 0.25) is 0 Å². The lowest BCUT2D eigenvalue weighted by molar-refractivity contribution is 0.102. The topological polar surface area (TPSA) is 99.9 Å². The summed E-state index contributed by atoms with van der Waals surface area (Å²) in [6.07, 6.45) is 2.27. The molecular weight excluding hydrogens is 318 g/mol. The highest BCUT2D eigenvalue weighted by atomic mass is 16.5. The Kier molecular flexibility index (Phi) is 5.21. The Hall–Kier alpha value is -2.98. The number of anilines is 2. The smallest absolute Gasteiger partial charge is 0.274 e. The lowest BCUT2D eigenvalue weighted by atomic mass is 10.2. The number of hydrogen-bond acceptors (Lipinski definition) is 6. The molecule has 1 aromatic heterocycles. The minimum atomic E-state index is -0.381. The predicted molar refractivity (Wildman–Crippen MR) is 93.3 cm³/mol. The summed E-state index contributed by atoms with van der Waals surface area (Å²) >= 11 is 0. The fourth-order valence-electron chi connectivity index (χ4n) is 2.67. The van der Waals surface area contributed by atoms with Crippen LogP contribution < -0.4 is 10.6 Å². The fraction of sp³-hybridized carbons (Fsp3) is 0.333. The van der Waals surface area contributed by atoms with Crippen LogP contribution in [0.1, 0.15) is 34.7 Å². The standard InChI is InChI=1S/C18H19N5O2/c1-12-21-16(9-17(22-12)20-11-14-6-4-8-25-14)18(24)23-15-7-3-2-5-13(15)10-19/h2-3,5,7,9,14H,4,6,8,11H2,1H3,(H,23,24)(H,20,21,22). The average Bonchev–Trinajstić information content (AvgIpc) is 3.13. The van der Waals surface area contributed by atoms with Crippen molar-refractivity contribution in [1.82, 2.24) is 9.97 Å². The van der Waals surface area contributed by atoms with Crippen LogP contribution >= 0.6 is 0 Å². The Morgan fingerprint density at radius 1 is 1.40 bits per heavy atom. The van der Waals surface area contributed by atoms with E-state index in [-0.39, 0.29) is 17.7 Å². The SMILES string of the molecule is Cc1nc(NCC2CCCO2)cc(C(=O)Nc2ccccc2C#N)n1. The summed E-state index contributed by atoms with van der Waals surface area (Å²) in [4.78, 5) is 21.0. The molecule has 7 nitrogen and oxygen atoms in total. The van der Waals surface area contributed by atoms with Gasteiger partial charge in [-0.05, 0) is 31.9 Å². The Bertz CT molecular complexity index is 809. The number of nitrogens with zero attached hydrogens (tertiary/aromatic N) is 3. The predicted octanol–water partition coefficient (Wildman–Crippen LogP) is 2.50. The summed E-state index contributed by atoms with van der Waals surface area (Å²) in [6.45, 7) is 3.17. The number of rotatable bonds is 5. The van der Waals surface area contributed by atoms with Gasteiger partial charge in [-0.25, -0.2) is 9.97 Å². The Balaban J connectivity index is 1.72. The molecular formula is C18H19N5O2. The number of benzene rings is 1. The molecule has 1 amide bonds. The minimum absolute atomic E-state index is 0.176. The molecule has 25 heavy (non-hydrogen) atoms. The van der Waals surface area contributed by atoms with Crippen LogP contribution in [0.4, 0.5) is 11.5 Å². The van der Waals surface area contributed by atoms with Gasteiger partial charge in [0, 0.05) is 19.2 Å². The van der Waals surface area contributed by atoms with Gasteiger partial charge in [-0.15, -0.1) is 0 Å². The molecule has 1 unspecified atom stereocenters. The number of hydrogen-bond donors (Lipinski definition) is 2. The maximum absolute atomic E-state index is 12.5. The van der Waals surface area contributed by atoms with E-state index in [0.29, 0.717) is 29.4 Å². The van der Waals surface area contributed by atoms with E-state index in [4.69, 9.17) is 10.00 Å². The van der Waals surface area contributed by atoms with Crippen molar-refractivity contribution >= 4 is 17.4 Å². The summed E-state index contributed by atoms with van der Waals surface area (Å²) in [6, 6.07) is 10.5. The van der Waals surface area contributed by atoms with Crippen LogP contribution in [0, 0.1) is 18.3 Å². The number of carbonyl (C=O) groups excluding carboxylic acids is 1. The van der Waals surface area contributed by atoms with Crippen molar-refractivity contribution in [2.45, 2.75) is 25.9 Å². The molecule has 128 valence electrons. The number of ether oxygens (including phenoxy) is 1. The highest BCUT2D eigenvalue weighted by Crippen LogP contribution is 2.16. The van der Waals surface area contributed by atoms with Crippen molar-refractivity contribution in [3.63, 3.8) is 0 Å². The zero-order valence-electron chi connectivity index (χ0n) is 14.0. The molecule has 0 aliphatic carbocycles. The molecule has 2 heterocycles. The van der Waals surface area contributed by atoms with E-state index in [2.05, 4.69) is 26.7 Å². The first-order valence-electron chi connectivity index (χ1n) is 8.17. The van der Waals surface area contributed by atoms with Gasteiger partial charge in [0.1, 0.15) is 23.4 Å². The van der Waals surface area contributed by atoms with Crippen LogP contribution in [-0.2, 0) is 4.74 Å². The van der Waals surface area contributed by atoms with E-state index in [9.17, 15) is 4.79 Å². The molecule has 3 rings (SSSR count). The highest BCUT2D eigenvalue weighted by molar-refractivity contribution is 6.03. The highest BCUT2D eigenvalue weighted by Gasteiger charge is 2.16. The van der Waals surface area contributed by atoms with Crippen molar-refractivity contribution in [2.24, 2.45) is 0 Å². The molecule has 0 saturated carbocycles. The van der Waals surface area contributed by atoms with E-state index in [1.165, 1.54) is 0 Å². The van der Waals surface area contributed by atoms with E-state index < -0.39 is 0 Å². The molecule has 1 aliphatic rings. The first kappa shape index (κ1) is 16.9. The lowest BCUT2D eigenvalue weighted by Crippen LogP contribution is -2.20. The number of para-hydroxylation sites is 1. The van der Waals surface area contributed by atoms with Gasteiger partial charge < -0.3 is 15.4 Å². The second-order valence-corrected chi connectivity index (χ2v) is 5.81. The second kappa shape index (κ2) is 7.73. The largest absolute Gasteiger partial charge is 0.376 e. The zero-order valence-corrected chi connectivity index (χ0v) is 14.0. The summed E-state index contributed by atoms with van der Waals surface area (Å²) in [5.74, 6) is 0.700. The number of aromatic nitrogens is 2. The Morgan fingerprint density at radius 2 is 2.24 bits per heavy atom. The molecule has 2 N–H and O–H groups in total. The third kappa shape index (κ3) is 4.31. The molecule has 1 atom stereocenters. The third-order valence-electron chi connectivity index (χ3n) is 3.90. The van der Waals surface area contributed by atoms with Crippen LogP contribution in [-0.4, -0.2) is 35.1 Å². The van der Waals surface area contributed by atoms with Gasteiger partial charge in [0.2, 0.25) is 0 Å². The van der Waals surface area contributed by atoms with Gasteiger partial charge in [0.05, 0.1) is 17.4 Å². The maximum Gasteiger partial charge on any atom is 0.274 e. The van der Waals surface area contributed by atoms with E-state index >= 15 is 0 Å². The quantitative estimate of drug-likeness (QED) is 0.869. The van der Waals surface area contributed by atoms with Crippen molar-refractivity contribution in [3.05, 3.63) is 47.4 Å². The maximum atomic E-state index is 12.5. The van der Waals surface area contributed by atoms with Crippen molar-refractivity contribution in [3.8, 4) is 6.07 Å².